The highest BCUT2D eigenvalue weighted by atomic mass is 32.1. The molecule has 0 fully saturated rings. The number of nitrogens with zero attached hydrogens (tertiary/aromatic N) is 1. The number of aromatic nitrogens is 1. The molecule has 0 aliphatic heterocycles. The highest BCUT2D eigenvalue weighted by Crippen LogP contribution is 2.44. The van der Waals surface area contributed by atoms with Gasteiger partial charge in [-0.15, -0.1) is 11.3 Å². The Labute approximate surface area is 198 Å². The van der Waals surface area contributed by atoms with Crippen LogP contribution in [0, 0.1) is 0 Å². The molecule has 1 heterocycles. The van der Waals surface area contributed by atoms with E-state index in [2.05, 4.69) is 104 Å². The minimum Gasteiger partial charge on any atom is -0.331 e. The van der Waals surface area contributed by atoms with Gasteiger partial charge in [-0.25, -0.2) is 4.98 Å². The third kappa shape index (κ3) is 4.37. The Hall–Kier alpha value is -2.13. The van der Waals surface area contributed by atoms with Crippen LogP contribution in [-0.2, 0) is 29.1 Å². The molecule has 32 heavy (non-hydrogen) atoms. The summed E-state index contributed by atoms with van der Waals surface area (Å²) in [6.45, 7) is 20.8. The van der Waals surface area contributed by atoms with Gasteiger partial charge in [0.1, 0.15) is 0 Å². The lowest BCUT2D eigenvalue weighted by Crippen LogP contribution is -2.23. The zero-order valence-corrected chi connectivity index (χ0v) is 22.1. The second-order valence-corrected chi connectivity index (χ2v) is 13.4. The topological polar surface area (TPSA) is 24.9 Å². The Balaban J connectivity index is 1.87. The first-order chi connectivity index (χ1) is 14.7. The van der Waals surface area contributed by atoms with E-state index in [9.17, 15) is 0 Å². The molecule has 170 valence electrons. The molecule has 2 nitrogen and oxygen atoms in total. The van der Waals surface area contributed by atoms with Gasteiger partial charge in [-0.05, 0) is 51.3 Å². The van der Waals surface area contributed by atoms with Crippen LogP contribution in [0.2, 0.25) is 0 Å². The maximum atomic E-state index is 5.11. The van der Waals surface area contributed by atoms with Crippen LogP contribution in [0.5, 0.6) is 0 Å². The summed E-state index contributed by atoms with van der Waals surface area (Å²) in [4.78, 5) is 6.51. The molecule has 0 amide bonds. The fourth-order valence-corrected chi connectivity index (χ4v) is 5.48. The van der Waals surface area contributed by atoms with E-state index in [1.165, 1.54) is 44.1 Å². The van der Waals surface area contributed by atoms with Crippen molar-refractivity contribution in [2.45, 2.75) is 91.4 Å². The van der Waals surface area contributed by atoms with Crippen LogP contribution < -0.4 is 5.32 Å². The van der Waals surface area contributed by atoms with Crippen molar-refractivity contribution in [1.82, 2.24) is 4.98 Å². The van der Waals surface area contributed by atoms with E-state index in [1.807, 2.05) is 11.3 Å². The zero-order valence-electron chi connectivity index (χ0n) is 21.2. The normalized spacial score (nSPS) is 14.2. The first-order valence-electron chi connectivity index (χ1n) is 11.8. The fourth-order valence-electron chi connectivity index (χ4n) is 4.50. The highest BCUT2D eigenvalue weighted by Gasteiger charge is 2.30. The van der Waals surface area contributed by atoms with Gasteiger partial charge in [0.15, 0.2) is 5.13 Å². The van der Waals surface area contributed by atoms with Crippen LogP contribution in [0.4, 0.5) is 10.8 Å². The largest absolute Gasteiger partial charge is 0.331 e. The quantitative estimate of drug-likeness (QED) is 0.426. The average molecular weight is 447 g/mol. The average Bonchev–Trinajstić information content (AvgIpc) is 3.08. The van der Waals surface area contributed by atoms with E-state index in [1.54, 1.807) is 0 Å². The molecule has 1 aliphatic carbocycles. The van der Waals surface area contributed by atoms with Gasteiger partial charge in [0, 0.05) is 16.1 Å². The van der Waals surface area contributed by atoms with Gasteiger partial charge in [-0.1, -0.05) is 98.7 Å². The van der Waals surface area contributed by atoms with Crippen LogP contribution in [-0.4, -0.2) is 4.98 Å². The molecule has 0 spiro atoms. The second kappa shape index (κ2) is 7.73. The van der Waals surface area contributed by atoms with Gasteiger partial charge < -0.3 is 5.32 Å². The lowest BCUT2D eigenvalue weighted by Gasteiger charge is -2.33. The molecule has 2 aromatic carbocycles. The van der Waals surface area contributed by atoms with Crippen molar-refractivity contribution < 1.29 is 0 Å². The summed E-state index contributed by atoms with van der Waals surface area (Å²) in [5.41, 5.74) is 9.38. The molecule has 0 atom stereocenters. The first kappa shape index (κ1) is 23.0. The Kier molecular flexibility index (Phi) is 5.56. The Morgan fingerprint density at radius 2 is 1.38 bits per heavy atom. The van der Waals surface area contributed by atoms with Crippen LogP contribution in [0.25, 0.3) is 11.3 Å². The van der Waals surface area contributed by atoms with Crippen molar-refractivity contribution >= 4 is 22.2 Å². The van der Waals surface area contributed by atoms with Crippen molar-refractivity contribution in [1.29, 1.82) is 0 Å². The van der Waals surface area contributed by atoms with Crippen molar-refractivity contribution in [2.75, 3.05) is 5.32 Å². The molecule has 1 aromatic heterocycles. The Morgan fingerprint density at radius 1 is 0.781 bits per heavy atom. The molecule has 0 bridgehead atoms. The van der Waals surface area contributed by atoms with E-state index in [0.717, 1.165) is 18.0 Å². The summed E-state index contributed by atoms with van der Waals surface area (Å²) in [5.74, 6) is 0. The third-order valence-corrected chi connectivity index (χ3v) is 7.47. The maximum absolute atomic E-state index is 5.11. The minimum atomic E-state index is 0.0209. The van der Waals surface area contributed by atoms with E-state index >= 15 is 0 Å². The van der Waals surface area contributed by atoms with Crippen LogP contribution >= 0.6 is 11.3 Å². The number of hydrogen-bond donors (Lipinski definition) is 1. The van der Waals surface area contributed by atoms with Gasteiger partial charge in [0.25, 0.3) is 0 Å². The van der Waals surface area contributed by atoms with Gasteiger partial charge >= 0.3 is 0 Å². The number of anilines is 2. The minimum absolute atomic E-state index is 0.0209. The molecule has 1 N–H and O–H groups in total. The van der Waals surface area contributed by atoms with Crippen LogP contribution in [0.1, 0.15) is 89.4 Å². The molecule has 3 heteroatoms. The summed E-state index contributed by atoms with van der Waals surface area (Å²) in [6.07, 6.45) is 2.18. The zero-order chi connectivity index (χ0) is 23.5. The molecule has 4 rings (SSSR count). The van der Waals surface area contributed by atoms with Gasteiger partial charge in [0.2, 0.25) is 0 Å². The van der Waals surface area contributed by atoms with Crippen LogP contribution in [0.15, 0.2) is 36.4 Å². The maximum Gasteiger partial charge on any atom is 0.187 e. The van der Waals surface area contributed by atoms with E-state index in [0.29, 0.717) is 0 Å². The van der Waals surface area contributed by atoms with Gasteiger partial charge in [-0.2, -0.15) is 0 Å². The van der Waals surface area contributed by atoms with E-state index in [4.69, 9.17) is 4.98 Å². The third-order valence-electron chi connectivity index (χ3n) is 6.44. The Bertz CT molecular complexity index is 1110. The summed E-state index contributed by atoms with van der Waals surface area (Å²) < 4.78 is 0. The molecular formula is C29H38N2S. The fraction of sp³-hybridized carbons (Fsp3) is 0.483. The summed E-state index contributed by atoms with van der Waals surface area (Å²) in [6, 6.07) is 13.6. The standard InChI is InChI=1S/C29H38N2S/c1-27(2,3)19-16-21(28(4,5)6)25(22(17-19)29(7,8)9)31-26-30-24-20-13-11-10-12-18(20)14-15-23(24)32-26/h10-13,16-17H,14-15H2,1-9H3,(H,30,31). The van der Waals surface area contributed by atoms with Crippen molar-refractivity contribution in [3.05, 3.63) is 63.5 Å². The van der Waals surface area contributed by atoms with Crippen LogP contribution in [0.3, 0.4) is 0 Å². The predicted molar refractivity (Wildman–Crippen MR) is 141 cm³/mol. The first-order valence-corrected chi connectivity index (χ1v) is 12.6. The smallest absolute Gasteiger partial charge is 0.187 e. The SMILES string of the molecule is CC(C)(C)c1cc(C(C)(C)C)c(Nc2nc3c(s2)CCc2ccccc2-3)c(C(C)(C)C)c1. The van der Waals surface area contributed by atoms with E-state index < -0.39 is 0 Å². The highest BCUT2D eigenvalue weighted by molar-refractivity contribution is 7.16. The number of nitrogens with one attached hydrogen (secondary N) is 1. The number of rotatable bonds is 2. The van der Waals surface area contributed by atoms with E-state index in [-0.39, 0.29) is 16.2 Å². The monoisotopic (exact) mass is 446 g/mol. The number of fused-ring (bicyclic) bond motifs is 3. The molecule has 0 saturated carbocycles. The summed E-state index contributed by atoms with van der Waals surface area (Å²) >= 11 is 1.82. The molecule has 3 aromatic rings. The number of aryl methyl sites for hydroxylation is 2. The molecule has 0 radical (unpaired) electrons. The van der Waals surface area contributed by atoms with Crippen molar-refractivity contribution in [2.24, 2.45) is 0 Å². The molecular weight excluding hydrogens is 408 g/mol. The van der Waals surface area contributed by atoms with Gasteiger partial charge in [0.05, 0.1) is 5.69 Å². The van der Waals surface area contributed by atoms with Crippen molar-refractivity contribution in [3.8, 4) is 11.3 Å². The number of hydrogen-bond acceptors (Lipinski definition) is 3. The molecule has 1 aliphatic rings. The van der Waals surface area contributed by atoms with Gasteiger partial charge in [-0.3, -0.25) is 0 Å². The summed E-state index contributed by atoms with van der Waals surface area (Å²) in [5, 5.41) is 4.83. The molecule has 0 saturated heterocycles. The predicted octanol–water partition coefficient (Wildman–Crippen LogP) is 8.54. The number of thiazole rings is 1. The molecule has 0 unspecified atom stereocenters. The lowest BCUT2D eigenvalue weighted by atomic mass is 9.74. The Morgan fingerprint density at radius 3 is 1.94 bits per heavy atom. The number of benzene rings is 2. The summed E-state index contributed by atoms with van der Waals surface area (Å²) in [7, 11) is 0. The lowest BCUT2D eigenvalue weighted by molar-refractivity contribution is 0.551. The van der Waals surface area contributed by atoms with Crippen molar-refractivity contribution in [3.63, 3.8) is 0 Å². The second-order valence-electron chi connectivity index (χ2n) is 12.3.